The van der Waals surface area contributed by atoms with Crippen molar-refractivity contribution >= 4 is 15.9 Å². The number of aliphatic hydroxyl groups is 1. The summed E-state index contributed by atoms with van der Waals surface area (Å²) in [4.78, 5) is 0. The Labute approximate surface area is 153 Å². The number of fused-ring (bicyclic) bond motifs is 5. The van der Waals surface area contributed by atoms with Crippen molar-refractivity contribution in [2.45, 2.75) is 63.9 Å². The molecule has 1 aromatic rings. The maximum absolute atomic E-state index is 11.0. The molecule has 2 nitrogen and oxygen atoms in total. The van der Waals surface area contributed by atoms with Crippen LogP contribution in [0.2, 0.25) is 0 Å². The van der Waals surface area contributed by atoms with Crippen LogP contribution >= 0.6 is 15.9 Å². The fourth-order valence-corrected chi connectivity index (χ4v) is 6.66. The fourth-order valence-electron chi connectivity index (χ4n) is 6.34. The number of phenolic OH excluding ortho intramolecular Hbond substituents is 1. The summed E-state index contributed by atoms with van der Waals surface area (Å²) >= 11 is 3.54. The average molecular weight is 393 g/mol. The molecule has 0 radical (unpaired) electrons. The minimum atomic E-state index is -0.122. The number of aliphatic hydroxyl groups excluding tert-OH is 1. The fraction of sp³-hybridized carbons (Fsp3) is 0.714. The van der Waals surface area contributed by atoms with Crippen molar-refractivity contribution in [3.8, 4) is 5.75 Å². The monoisotopic (exact) mass is 392 g/mol. The van der Waals surface area contributed by atoms with Crippen LogP contribution in [0.4, 0.5) is 0 Å². The number of halogens is 1. The van der Waals surface area contributed by atoms with E-state index in [2.05, 4.69) is 28.9 Å². The first-order valence-electron chi connectivity index (χ1n) is 9.60. The summed E-state index contributed by atoms with van der Waals surface area (Å²) in [7, 11) is 0. The molecule has 3 aliphatic carbocycles. The second-order valence-corrected chi connectivity index (χ2v) is 9.41. The van der Waals surface area contributed by atoms with Crippen molar-refractivity contribution in [3.63, 3.8) is 0 Å². The van der Waals surface area contributed by atoms with Gasteiger partial charge in [0.05, 0.1) is 6.10 Å². The number of phenols is 1. The van der Waals surface area contributed by atoms with Gasteiger partial charge in [-0.05, 0) is 97.3 Å². The highest BCUT2D eigenvalue weighted by Gasteiger charge is 2.57. The molecule has 4 rings (SSSR count). The predicted molar refractivity (Wildman–Crippen MR) is 101 cm³/mol. The van der Waals surface area contributed by atoms with Gasteiger partial charge >= 0.3 is 0 Å². The van der Waals surface area contributed by atoms with Crippen LogP contribution < -0.4 is 0 Å². The third kappa shape index (κ3) is 2.54. The smallest absolute Gasteiger partial charge is 0.115 e. The van der Waals surface area contributed by atoms with Crippen molar-refractivity contribution in [1.29, 1.82) is 0 Å². The van der Waals surface area contributed by atoms with Crippen molar-refractivity contribution in [1.82, 2.24) is 0 Å². The normalized spacial score (nSPS) is 40.7. The molecule has 0 heterocycles. The van der Waals surface area contributed by atoms with Crippen LogP contribution in [0.1, 0.15) is 62.5 Å². The Kier molecular flexibility index (Phi) is 4.45. The van der Waals surface area contributed by atoms with Crippen LogP contribution in [-0.4, -0.2) is 21.6 Å². The molecule has 2 fully saturated rings. The number of aryl methyl sites for hydroxylation is 1. The molecule has 0 aliphatic heterocycles. The van der Waals surface area contributed by atoms with Gasteiger partial charge in [-0.3, -0.25) is 0 Å². The highest BCUT2D eigenvalue weighted by molar-refractivity contribution is 9.09. The molecule has 2 saturated carbocycles. The first-order valence-corrected chi connectivity index (χ1v) is 10.7. The molecule has 3 heteroatoms. The summed E-state index contributed by atoms with van der Waals surface area (Å²) in [6.45, 7) is 2.36. The largest absolute Gasteiger partial charge is 0.508 e. The Morgan fingerprint density at radius 1 is 1.29 bits per heavy atom. The highest BCUT2D eigenvalue weighted by atomic mass is 79.9. The van der Waals surface area contributed by atoms with Gasteiger partial charge in [0, 0.05) is 5.33 Å². The lowest BCUT2D eigenvalue weighted by atomic mass is 9.55. The third-order valence-electron chi connectivity index (χ3n) is 7.54. The molecular weight excluding hydrogens is 364 g/mol. The van der Waals surface area contributed by atoms with Crippen molar-refractivity contribution in [3.05, 3.63) is 29.3 Å². The number of hydrogen-bond donors (Lipinski definition) is 2. The van der Waals surface area contributed by atoms with Gasteiger partial charge in [-0.2, -0.15) is 0 Å². The van der Waals surface area contributed by atoms with Gasteiger partial charge in [0.15, 0.2) is 0 Å². The van der Waals surface area contributed by atoms with E-state index in [0.717, 1.165) is 24.6 Å². The quantitative estimate of drug-likeness (QED) is 0.709. The van der Waals surface area contributed by atoms with E-state index in [1.54, 1.807) is 0 Å². The first-order chi connectivity index (χ1) is 11.5. The SMILES string of the molecule is C[C@]12CCC3c4ccc(O)cc4CCC3C1C[C@@H](CCCBr)[C@@H]2O. The molecule has 1 aromatic carbocycles. The molecule has 0 aromatic heterocycles. The third-order valence-corrected chi connectivity index (χ3v) is 8.10. The Balaban J connectivity index is 1.61. The molecular formula is C21H29BrO2. The van der Waals surface area contributed by atoms with Crippen molar-refractivity contribution < 1.29 is 10.2 Å². The minimum absolute atomic E-state index is 0.118. The average Bonchev–Trinajstić information content (AvgIpc) is 2.84. The second-order valence-electron chi connectivity index (χ2n) is 8.61. The van der Waals surface area contributed by atoms with Crippen molar-refractivity contribution in [2.75, 3.05) is 5.33 Å². The van der Waals surface area contributed by atoms with Gasteiger partial charge < -0.3 is 10.2 Å². The van der Waals surface area contributed by atoms with E-state index in [1.807, 2.05) is 12.1 Å². The summed E-state index contributed by atoms with van der Waals surface area (Å²) in [6, 6.07) is 6.00. The molecule has 3 aliphatic rings. The maximum atomic E-state index is 11.0. The second kappa shape index (κ2) is 6.32. The molecule has 24 heavy (non-hydrogen) atoms. The number of benzene rings is 1. The molecule has 3 unspecified atom stereocenters. The summed E-state index contributed by atoms with van der Waals surface area (Å²) in [5, 5.41) is 21.9. The molecule has 6 atom stereocenters. The lowest BCUT2D eigenvalue weighted by Gasteiger charge is -2.50. The predicted octanol–water partition coefficient (Wildman–Crippen LogP) is 5.01. The number of hydrogen-bond acceptors (Lipinski definition) is 2. The molecule has 0 bridgehead atoms. The van der Waals surface area contributed by atoms with Crippen LogP contribution in [0.15, 0.2) is 18.2 Å². The van der Waals surface area contributed by atoms with Crippen LogP contribution in [0.5, 0.6) is 5.75 Å². The molecule has 0 amide bonds. The maximum Gasteiger partial charge on any atom is 0.115 e. The summed E-state index contributed by atoms with van der Waals surface area (Å²) < 4.78 is 0. The summed E-state index contributed by atoms with van der Waals surface area (Å²) in [5.41, 5.74) is 2.95. The summed E-state index contributed by atoms with van der Waals surface area (Å²) in [6.07, 6.45) is 8.05. The summed E-state index contributed by atoms with van der Waals surface area (Å²) in [5.74, 6) is 2.89. The lowest BCUT2D eigenvalue weighted by Crippen LogP contribution is -2.44. The number of rotatable bonds is 3. The topological polar surface area (TPSA) is 40.5 Å². The molecule has 0 saturated heterocycles. The zero-order valence-corrected chi connectivity index (χ0v) is 16.1. The first kappa shape index (κ1) is 16.9. The molecule has 132 valence electrons. The highest BCUT2D eigenvalue weighted by Crippen LogP contribution is 2.62. The van der Waals surface area contributed by atoms with Crippen LogP contribution in [0.3, 0.4) is 0 Å². The van der Waals surface area contributed by atoms with Gasteiger partial charge in [0.1, 0.15) is 5.75 Å². The van der Waals surface area contributed by atoms with E-state index in [4.69, 9.17) is 0 Å². The van der Waals surface area contributed by atoms with E-state index >= 15 is 0 Å². The standard InChI is InChI=1S/C21H29BrO2/c1-21-9-8-17-16-7-5-15(23)11-13(16)4-6-18(17)19(21)12-14(20(21)24)3-2-10-22/h5,7,11,14,17-20,23-24H,2-4,6,8-10,12H2,1H3/t14-,17?,18?,19?,20+,21+/m1/s1. The zero-order valence-electron chi connectivity index (χ0n) is 14.5. The van der Waals surface area contributed by atoms with E-state index in [9.17, 15) is 10.2 Å². The Bertz CT molecular complexity index is 616. The van der Waals surface area contributed by atoms with Gasteiger partial charge in [-0.25, -0.2) is 0 Å². The minimum Gasteiger partial charge on any atom is -0.508 e. The zero-order chi connectivity index (χ0) is 16.9. The van der Waals surface area contributed by atoms with Crippen LogP contribution in [-0.2, 0) is 6.42 Å². The Hall–Kier alpha value is -0.540. The van der Waals surface area contributed by atoms with Gasteiger partial charge in [-0.1, -0.05) is 28.9 Å². The molecule has 2 N–H and O–H groups in total. The van der Waals surface area contributed by atoms with Gasteiger partial charge in [0.25, 0.3) is 0 Å². The number of alkyl halides is 1. The van der Waals surface area contributed by atoms with E-state index in [-0.39, 0.29) is 11.5 Å². The van der Waals surface area contributed by atoms with E-state index in [1.165, 1.54) is 36.8 Å². The Morgan fingerprint density at radius 3 is 2.92 bits per heavy atom. The van der Waals surface area contributed by atoms with Gasteiger partial charge in [-0.15, -0.1) is 0 Å². The lowest BCUT2D eigenvalue weighted by molar-refractivity contribution is -0.0333. The molecule has 0 spiro atoms. The number of aromatic hydroxyl groups is 1. The van der Waals surface area contributed by atoms with Crippen LogP contribution in [0.25, 0.3) is 0 Å². The van der Waals surface area contributed by atoms with Crippen LogP contribution in [0, 0.1) is 23.2 Å². The van der Waals surface area contributed by atoms with Gasteiger partial charge in [0.2, 0.25) is 0 Å². The van der Waals surface area contributed by atoms with E-state index in [0.29, 0.717) is 29.4 Å². The van der Waals surface area contributed by atoms with Crippen molar-refractivity contribution in [2.24, 2.45) is 23.2 Å². The Morgan fingerprint density at radius 2 is 2.12 bits per heavy atom. The van der Waals surface area contributed by atoms with E-state index < -0.39 is 0 Å².